The Bertz CT molecular complexity index is 527. The van der Waals surface area contributed by atoms with Gasteiger partial charge >= 0.3 is 0 Å². The molecule has 20 heavy (non-hydrogen) atoms. The zero-order valence-corrected chi connectivity index (χ0v) is 12.8. The lowest BCUT2D eigenvalue weighted by molar-refractivity contribution is 0.0902. The van der Waals surface area contributed by atoms with Gasteiger partial charge in [-0.05, 0) is 12.5 Å². The molecule has 0 saturated carbocycles. The maximum absolute atomic E-state index is 14.7. The maximum Gasteiger partial charge on any atom is 0.138 e. The summed E-state index contributed by atoms with van der Waals surface area (Å²) >= 11 is 1.47. The Morgan fingerprint density at radius 2 is 2.20 bits per heavy atom. The van der Waals surface area contributed by atoms with Crippen LogP contribution in [0.5, 0.6) is 0 Å². The first kappa shape index (κ1) is 15.1. The number of thiazole rings is 1. The average Bonchev–Trinajstić information content (AvgIpc) is 2.98. The third-order valence-corrected chi connectivity index (χ3v) is 4.02. The van der Waals surface area contributed by atoms with Crippen molar-refractivity contribution in [1.29, 1.82) is 0 Å². The Kier molecular flexibility index (Phi) is 5.68. The SMILES string of the molecule is CCCCCC(OC)c1cccc(-c2cscn2)c1F. The van der Waals surface area contributed by atoms with Gasteiger partial charge in [-0.25, -0.2) is 9.37 Å². The van der Waals surface area contributed by atoms with E-state index in [-0.39, 0.29) is 11.9 Å². The average molecular weight is 293 g/mol. The minimum Gasteiger partial charge on any atom is -0.377 e. The van der Waals surface area contributed by atoms with Crippen molar-refractivity contribution in [2.45, 2.75) is 38.7 Å². The predicted octanol–water partition coefficient (Wildman–Crippen LogP) is 5.22. The summed E-state index contributed by atoms with van der Waals surface area (Å²) in [4.78, 5) is 4.19. The van der Waals surface area contributed by atoms with Crippen LogP contribution in [0.25, 0.3) is 11.3 Å². The van der Waals surface area contributed by atoms with E-state index in [1.54, 1.807) is 18.7 Å². The van der Waals surface area contributed by atoms with Gasteiger partial charge in [0, 0.05) is 23.6 Å². The van der Waals surface area contributed by atoms with Crippen molar-refractivity contribution in [3.05, 3.63) is 40.5 Å². The molecule has 0 spiro atoms. The minimum atomic E-state index is -0.207. The molecule has 4 heteroatoms. The monoisotopic (exact) mass is 293 g/mol. The van der Waals surface area contributed by atoms with E-state index in [4.69, 9.17) is 4.74 Å². The second-order valence-corrected chi connectivity index (χ2v) is 5.52. The van der Waals surface area contributed by atoms with Gasteiger partial charge in [0.2, 0.25) is 0 Å². The molecule has 1 aromatic heterocycles. The highest BCUT2D eigenvalue weighted by molar-refractivity contribution is 7.07. The number of rotatable bonds is 7. The summed E-state index contributed by atoms with van der Waals surface area (Å²) in [6, 6.07) is 5.46. The van der Waals surface area contributed by atoms with Crippen LogP contribution >= 0.6 is 11.3 Å². The number of methoxy groups -OCH3 is 1. The molecule has 0 N–H and O–H groups in total. The van der Waals surface area contributed by atoms with Gasteiger partial charge in [0.05, 0.1) is 17.3 Å². The van der Waals surface area contributed by atoms with E-state index in [0.717, 1.165) is 25.7 Å². The number of nitrogens with zero attached hydrogens (tertiary/aromatic N) is 1. The number of aromatic nitrogens is 1. The Balaban J connectivity index is 2.25. The fourth-order valence-corrected chi connectivity index (χ4v) is 2.87. The molecule has 0 radical (unpaired) electrons. The van der Waals surface area contributed by atoms with Crippen molar-refractivity contribution in [1.82, 2.24) is 4.98 Å². The van der Waals surface area contributed by atoms with Crippen LogP contribution in [0, 0.1) is 5.82 Å². The zero-order valence-electron chi connectivity index (χ0n) is 11.9. The van der Waals surface area contributed by atoms with Gasteiger partial charge in [-0.3, -0.25) is 0 Å². The summed E-state index contributed by atoms with van der Waals surface area (Å²) in [5, 5.41) is 1.86. The molecule has 1 aromatic carbocycles. The molecule has 2 nitrogen and oxygen atoms in total. The summed E-state index contributed by atoms with van der Waals surface area (Å²) in [5.74, 6) is -0.207. The smallest absolute Gasteiger partial charge is 0.138 e. The van der Waals surface area contributed by atoms with Crippen LogP contribution < -0.4 is 0 Å². The fraction of sp³-hybridized carbons (Fsp3) is 0.438. The van der Waals surface area contributed by atoms with E-state index in [9.17, 15) is 4.39 Å². The first-order chi connectivity index (χ1) is 9.77. The van der Waals surface area contributed by atoms with E-state index < -0.39 is 0 Å². The molecule has 2 aromatic rings. The summed E-state index contributed by atoms with van der Waals surface area (Å²) in [7, 11) is 1.64. The van der Waals surface area contributed by atoms with Crippen molar-refractivity contribution in [3.63, 3.8) is 0 Å². The number of ether oxygens (including phenoxy) is 1. The molecule has 108 valence electrons. The first-order valence-corrected chi connectivity index (χ1v) is 7.92. The van der Waals surface area contributed by atoms with Gasteiger partial charge in [-0.2, -0.15) is 0 Å². The van der Waals surface area contributed by atoms with Crippen LogP contribution in [0.4, 0.5) is 4.39 Å². The second kappa shape index (κ2) is 7.50. The Hall–Kier alpha value is -1.26. The van der Waals surface area contributed by atoms with Gasteiger partial charge < -0.3 is 4.74 Å². The summed E-state index contributed by atoms with van der Waals surface area (Å²) in [6.07, 6.45) is 4.02. The summed E-state index contributed by atoms with van der Waals surface area (Å²) in [5.41, 5.74) is 3.60. The molecule has 0 aliphatic carbocycles. The van der Waals surface area contributed by atoms with Crippen molar-refractivity contribution in [3.8, 4) is 11.3 Å². The largest absolute Gasteiger partial charge is 0.377 e. The quantitative estimate of drug-likeness (QED) is 0.653. The molecule has 1 unspecified atom stereocenters. The van der Waals surface area contributed by atoms with E-state index in [1.165, 1.54) is 11.3 Å². The van der Waals surface area contributed by atoms with E-state index in [1.807, 2.05) is 17.5 Å². The molecule has 0 aliphatic heterocycles. The molecule has 2 rings (SSSR count). The summed E-state index contributed by atoms with van der Waals surface area (Å²) < 4.78 is 20.1. The van der Waals surface area contributed by atoms with Crippen molar-refractivity contribution >= 4 is 11.3 Å². The standard InChI is InChI=1S/C16H20FNOS/c1-3-4-5-9-15(19-2)13-8-6-7-12(16(13)17)14-10-20-11-18-14/h6-8,10-11,15H,3-5,9H2,1-2H3. The zero-order chi connectivity index (χ0) is 14.4. The van der Waals surface area contributed by atoms with Gasteiger partial charge in [0.15, 0.2) is 0 Å². The third kappa shape index (κ3) is 3.44. The lowest BCUT2D eigenvalue weighted by atomic mass is 9.99. The highest BCUT2D eigenvalue weighted by Crippen LogP contribution is 2.31. The van der Waals surface area contributed by atoms with Crippen LogP contribution in [0.3, 0.4) is 0 Å². The van der Waals surface area contributed by atoms with Crippen molar-refractivity contribution < 1.29 is 9.13 Å². The van der Waals surface area contributed by atoms with Crippen LogP contribution in [0.2, 0.25) is 0 Å². The topological polar surface area (TPSA) is 22.1 Å². The molecule has 0 bridgehead atoms. The number of benzene rings is 1. The lowest BCUT2D eigenvalue weighted by Gasteiger charge is -2.17. The number of unbranched alkanes of at least 4 members (excludes halogenated alkanes) is 2. The highest BCUT2D eigenvalue weighted by Gasteiger charge is 2.18. The fourth-order valence-electron chi connectivity index (χ4n) is 2.32. The van der Waals surface area contributed by atoms with Crippen LogP contribution in [0.15, 0.2) is 29.1 Å². The van der Waals surface area contributed by atoms with Crippen LogP contribution in [0.1, 0.15) is 44.3 Å². The molecular formula is C16H20FNOS. The highest BCUT2D eigenvalue weighted by atomic mass is 32.1. The molecule has 0 saturated heterocycles. The second-order valence-electron chi connectivity index (χ2n) is 4.80. The van der Waals surface area contributed by atoms with Crippen LogP contribution in [-0.2, 0) is 4.74 Å². The normalized spacial score (nSPS) is 12.6. The molecule has 0 amide bonds. The third-order valence-electron chi connectivity index (χ3n) is 3.44. The molecule has 1 atom stereocenters. The molecular weight excluding hydrogens is 273 g/mol. The lowest BCUT2D eigenvalue weighted by Crippen LogP contribution is -2.05. The van der Waals surface area contributed by atoms with Crippen LogP contribution in [-0.4, -0.2) is 12.1 Å². The minimum absolute atomic E-state index is 0.180. The molecule has 0 aliphatic rings. The maximum atomic E-state index is 14.7. The molecule has 0 fully saturated rings. The molecule has 1 heterocycles. The Labute approximate surface area is 123 Å². The predicted molar refractivity (Wildman–Crippen MR) is 81.4 cm³/mol. The van der Waals surface area contributed by atoms with E-state index in [2.05, 4.69) is 11.9 Å². The van der Waals surface area contributed by atoms with Gasteiger partial charge in [0.1, 0.15) is 5.82 Å². The van der Waals surface area contributed by atoms with E-state index >= 15 is 0 Å². The first-order valence-electron chi connectivity index (χ1n) is 6.97. The number of hydrogen-bond acceptors (Lipinski definition) is 3. The van der Waals surface area contributed by atoms with Gasteiger partial charge in [-0.1, -0.05) is 38.3 Å². The van der Waals surface area contributed by atoms with E-state index in [0.29, 0.717) is 16.8 Å². The number of hydrogen-bond donors (Lipinski definition) is 0. The number of halogens is 1. The van der Waals surface area contributed by atoms with Crippen molar-refractivity contribution in [2.75, 3.05) is 7.11 Å². The van der Waals surface area contributed by atoms with Gasteiger partial charge in [-0.15, -0.1) is 11.3 Å². The summed E-state index contributed by atoms with van der Waals surface area (Å²) in [6.45, 7) is 2.16. The Morgan fingerprint density at radius 3 is 2.85 bits per heavy atom. The Morgan fingerprint density at radius 1 is 1.35 bits per heavy atom. The van der Waals surface area contributed by atoms with Crippen molar-refractivity contribution in [2.24, 2.45) is 0 Å². The van der Waals surface area contributed by atoms with Gasteiger partial charge in [0.25, 0.3) is 0 Å².